The Bertz CT molecular complexity index is 381. The summed E-state index contributed by atoms with van der Waals surface area (Å²) in [6.07, 6.45) is 1.33. The Balaban J connectivity index is 2.19. The predicted molar refractivity (Wildman–Crippen MR) is 60.4 cm³/mol. The van der Waals surface area contributed by atoms with Crippen molar-refractivity contribution in [2.24, 2.45) is 5.73 Å². The molecular weight excluding hydrogens is 210 g/mol. The summed E-state index contributed by atoms with van der Waals surface area (Å²) in [6, 6.07) is 5.45. The Morgan fingerprint density at radius 2 is 2.47 bits per heavy atom. The number of fused-ring (bicyclic) bond motifs is 1. The number of aldehydes is 1. The number of hydrogen-bond acceptors (Lipinski definition) is 4. The van der Waals surface area contributed by atoms with E-state index in [9.17, 15) is 9.90 Å². The molecule has 0 fully saturated rings. The molecule has 3 N–H and O–H groups in total. The molecule has 15 heavy (non-hydrogen) atoms. The first kappa shape index (κ1) is 10.7. The van der Waals surface area contributed by atoms with Crippen molar-refractivity contribution in [1.29, 1.82) is 0 Å². The molecule has 0 saturated carbocycles. The topological polar surface area (TPSA) is 63.3 Å². The van der Waals surface area contributed by atoms with E-state index >= 15 is 0 Å². The molecule has 0 spiro atoms. The van der Waals surface area contributed by atoms with Gasteiger partial charge in [0, 0.05) is 5.75 Å². The summed E-state index contributed by atoms with van der Waals surface area (Å²) in [5, 5.41) is 9.58. The summed E-state index contributed by atoms with van der Waals surface area (Å²) in [5.74, 6) is 0.834. The van der Waals surface area contributed by atoms with Gasteiger partial charge in [0.25, 0.3) is 0 Å². The molecule has 1 heterocycles. The van der Waals surface area contributed by atoms with E-state index in [1.165, 1.54) is 11.8 Å². The highest BCUT2D eigenvalue weighted by atomic mass is 32.2. The van der Waals surface area contributed by atoms with Crippen molar-refractivity contribution in [1.82, 2.24) is 0 Å². The molecule has 4 heteroatoms. The van der Waals surface area contributed by atoms with Gasteiger partial charge in [-0.15, -0.1) is 11.8 Å². The predicted octanol–water partition coefficient (Wildman–Crippen LogP) is 0.993. The van der Waals surface area contributed by atoms with Crippen LogP contribution in [0.3, 0.4) is 0 Å². The van der Waals surface area contributed by atoms with Crippen molar-refractivity contribution in [2.45, 2.75) is 23.7 Å². The third kappa shape index (κ3) is 2.22. The van der Waals surface area contributed by atoms with Gasteiger partial charge in [-0.1, -0.05) is 18.2 Å². The van der Waals surface area contributed by atoms with Crippen LogP contribution in [0.5, 0.6) is 0 Å². The highest BCUT2D eigenvalue weighted by molar-refractivity contribution is 7.98. The maximum Gasteiger partial charge on any atom is 0.137 e. The molecule has 1 aliphatic heterocycles. The average molecular weight is 223 g/mol. The second kappa shape index (κ2) is 4.35. The van der Waals surface area contributed by atoms with Gasteiger partial charge in [0.1, 0.15) is 11.7 Å². The molecule has 1 unspecified atom stereocenters. The van der Waals surface area contributed by atoms with Crippen LogP contribution in [0, 0.1) is 0 Å². The molecule has 80 valence electrons. The van der Waals surface area contributed by atoms with Crippen LogP contribution in [-0.2, 0) is 17.0 Å². The number of aliphatic hydroxyl groups is 1. The van der Waals surface area contributed by atoms with E-state index in [-0.39, 0.29) is 0 Å². The lowest BCUT2D eigenvalue weighted by Crippen LogP contribution is -2.24. The van der Waals surface area contributed by atoms with Crippen LogP contribution >= 0.6 is 11.8 Å². The van der Waals surface area contributed by atoms with Crippen LogP contribution in [0.1, 0.15) is 22.1 Å². The zero-order valence-corrected chi connectivity index (χ0v) is 9.04. The van der Waals surface area contributed by atoms with E-state index in [0.717, 1.165) is 28.7 Å². The molecule has 1 aromatic rings. The molecule has 0 amide bonds. The second-order valence-electron chi connectivity index (χ2n) is 3.70. The van der Waals surface area contributed by atoms with Crippen LogP contribution in [0.4, 0.5) is 0 Å². The fourth-order valence-electron chi connectivity index (χ4n) is 1.73. The maximum absolute atomic E-state index is 10.4. The van der Waals surface area contributed by atoms with E-state index in [1.54, 1.807) is 0 Å². The molecular formula is C11H13NO2S. The van der Waals surface area contributed by atoms with Crippen molar-refractivity contribution in [3.05, 3.63) is 34.9 Å². The fraction of sp³-hybridized carbons (Fsp3) is 0.364. The van der Waals surface area contributed by atoms with Gasteiger partial charge in [-0.2, -0.15) is 0 Å². The highest BCUT2D eigenvalue weighted by Crippen LogP contribution is 2.39. The third-order valence-electron chi connectivity index (χ3n) is 2.52. The SMILES string of the molecule is N[C@H](C=O)Cc1ccc2c(c1)CSC2O. The second-order valence-corrected chi connectivity index (χ2v) is 4.77. The Labute approximate surface area is 92.7 Å². The largest absolute Gasteiger partial charge is 0.378 e. The summed E-state index contributed by atoms with van der Waals surface area (Å²) in [7, 11) is 0. The third-order valence-corrected chi connectivity index (χ3v) is 3.56. The lowest BCUT2D eigenvalue weighted by Gasteiger charge is -2.07. The van der Waals surface area contributed by atoms with Gasteiger partial charge in [-0.3, -0.25) is 0 Å². The summed E-state index contributed by atoms with van der Waals surface area (Å²) < 4.78 is 0. The molecule has 1 aliphatic rings. The van der Waals surface area contributed by atoms with Crippen molar-refractivity contribution in [3.63, 3.8) is 0 Å². The monoisotopic (exact) mass is 223 g/mol. The minimum atomic E-state index is -0.429. The van der Waals surface area contributed by atoms with Crippen molar-refractivity contribution in [3.8, 4) is 0 Å². The normalized spacial score (nSPS) is 21.1. The first-order valence-corrected chi connectivity index (χ1v) is 5.88. The number of aliphatic hydroxyl groups excluding tert-OH is 1. The molecule has 0 bridgehead atoms. The smallest absolute Gasteiger partial charge is 0.137 e. The molecule has 1 aromatic carbocycles. The fourth-order valence-corrected chi connectivity index (χ4v) is 2.73. The van der Waals surface area contributed by atoms with E-state index in [1.807, 2.05) is 18.2 Å². The summed E-state index contributed by atoms with van der Waals surface area (Å²) in [5.41, 5.74) is 8.36. The zero-order valence-electron chi connectivity index (χ0n) is 8.22. The molecule has 0 aliphatic carbocycles. The van der Waals surface area contributed by atoms with Crippen LogP contribution < -0.4 is 5.73 Å². The van der Waals surface area contributed by atoms with Gasteiger partial charge < -0.3 is 15.6 Å². The first-order chi connectivity index (χ1) is 7.20. The summed E-state index contributed by atoms with van der Waals surface area (Å²) >= 11 is 1.51. The van der Waals surface area contributed by atoms with Gasteiger partial charge in [-0.25, -0.2) is 0 Å². The average Bonchev–Trinajstić information content (AvgIpc) is 2.60. The summed E-state index contributed by atoms with van der Waals surface area (Å²) in [4.78, 5) is 10.4. The van der Waals surface area contributed by atoms with Gasteiger partial charge >= 0.3 is 0 Å². The van der Waals surface area contributed by atoms with Gasteiger partial charge in [0.15, 0.2) is 0 Å². The Kier molecular flexibility index (Phi) is 3.09. The molecule has 0 aromatic heterocycles. The number of hydrogen-bond donors (Lipinski definition) is 2. The van der Waals surface area contributed by atoms with Crippen LogP contribution in [0.15, 0.2) is 18.2 Å². The van der Waals surface area contributed by atoms with E-state index in [4.69, 9.17) is 5.73 Å². The van der Waals surface area contributed by atoms with Gasteiger partial charge in [0.2, 0.25) is 0 Å². The molecule has 3 nitrogen and oxygen atoms in total. The van der Waals surface area contributed by atoms with Crippen LogP contribution in [0.2, 0.25) is 0 Å². The van der Waals surface area contributed by atoms with Crippen LogP contribution in [0.25, 0.3) is 0 Å². The van der Waals surface area contributed by atoms with Crippen molar-refractivity contribution >= 4 is 18.0 Å². The standard InChI is InChI=1S/C11H13NO2S/c12-9(5-13)4-7-1-2-10-8(3-7)6-15-11(10)14/h1-3,5,9,11,14H,4,6,12H2/t9-,11?/m0/s1. The minimum Gasteiger partial charge on any atom is -0.378 e. The molecule has 0 radical (unpaired) electrons. The Morgan fingerprint density at radius 1 is 1.67 bits per heavy atom. The number of rotatable bonds is 3. The number of benzene rings is 1. The highest BCUT2D eigenvalue weighted by Gasteiger charge is 2.20. The quantitative estimate of drug-likeness (QED) is 0.750. The first-order valence-electron chi connectivity index (χ1n) is 4.83. The summed E-state index contributed by atoms with van der Waals surface area (Å²) in [6.45, 7) is 0. The Morgan fingerprint density at radius 3 is 3.20 bits per heavy atom. The molecule has 0 saturated heterocycles. The van der Waals surface area contributed by atoms with E-state index in [0.29, 0.717) is 6.42 Å². The van der Waals surface area contributed by atoms with Gasteiger partial charge in [0.05, 0.1) is 6.04 Å². The van der Waals surface area contributed by atoms with Crippen molar-refractivity contribution < 1.29 is 9.90 Å². The van der Waals surface area contributed by atoms with Crippen molar-refractivity contribution in [2.75, 3.05) is 0 Å². The van der Waals surface area contributed by atoms with Gasteiger partial charge in [-0.05, 0) is 23.1 Å². The number of thioether (sulfide) groups is 1. The lowest BCUT2D eigenvalue weighted by atomic mass is 10.0. The number of nitrogens with two attached hydrogens (primary N) is 1. The minimum absolute atomic E-state index is 0.395. The lowest BCUT2D eigenvalue weighted by molar-refractivity contribution is -0.108. The number of carbonyl (C=O) groups excluding carboxylic acids is 1. The van der Waals surface area contributed by atoms with Crippen LogP contribution in [-0.4, -0.2) is 17.4 Å². The Hall–Kier alpha value is -0.840. The number of carbonyl (C=O) groups is 1. The molecule has 2 atom stereocenters. The zero-order chi connectivity index (χ0) is 10.8. The van der Waals surface area contributed by atoms with E-state index < -0.39 is 11.5 Å². The van der Waals surface area contributed by atoms with E-state index in [2.05, 4.69) is 0 Å². The maximum atomic E-state index is 10.4. The molecule has 2 rings (SSSR count).